The molecule has 0 aliphatic carbocycles. The van der Waals surface area contributed by atoms with Gasteiger partial charge in [-0.3, -0.25) is 14.6 Å². The van der Waals surface area contributed by atoms with E-state index in [1.807, 2.05) is 31.2 Å². The lowest BCUT2D eigenvalue weighted by atomic mass is 10.1. The highest BCUT2D eigenvalue weighted by molar-refractivity contribution is 5.81. The van der Waals surface area contributed by atoms with Gasteiger partial charge in [-0.15, -0.1) is 0 Å². The van der Waals surface area contributed by atoms with Gasteiger partial charge < -0.3 is 10.1 Å². The number of alkyl halides is 3. The third kappa shape index (κ3) is 6.45. The molecule has 2 aromatic rings. The summed E-state index contributed by atoms with van der Waals surface area (Å²) in [6.07, 6.45) is -4.31. The summed E-state index contributed by atoms with van der Waals surface area (Å²) in [6, 6.07) is 12.6. The third-order valence-corrected chi connectivity index (χ3v) is 5.62. The zero-order chi connectivity index (χ0) is 22.4. The first-order chi connectivity index (χ1) is 14.8. The predicted octanol–water partition coefficient (Wildman–Crippen LogP) is 3.54. The Morgan fingerprint density at radius 3 is 2.35 bits per heavy atom. The quantitative estimate of drug-likeness (QED) is 0.723. The second-order valence-corrected chi connectivity index (χ2v) is 7.75. The Hall–Kier alpha value is -2.58. The van der Waals surface area contributed by atoms with E-state index < -0.39 is 11.7 Å². The van der Waals surface area contributed by atoms with Crippen molar-refractivity contribution in [1.82, 2.24) is 15.1 Å². The van der Waals surface area contributed by atoms with Crippen LogP contribution in [0.3, 0.4) is 0 Å². The van der Waals surface area contributed by atoms with Gasteiger partial charge in [-0.25, -0.2) is 0 Å². The number of piperazine rings is 1. The van der Waals surface area contributed by atoms with Crippen LogP contribution in [0, 0.1) is 0 Å². The minimum absolute atomic E-state index is 0.0287. The first kappa shape index (κ1) is 23.1. The number of halogens is 3. The lowest BCUT2D eigenvalue weighted by molar-refractivity contribution is -0.137. The van der Waals surface area contributed by atoms with Gasteiger partial charge in [0.2, 0.25) is 5.91 Å². The van der Waals surface area contributed by atoms with Gasteiger partial charge in [0.05, 0.1) is 18.7 Å². The van der Waals surface area contributed by atoms with Gasteiger partial charge in [-0.2, -0.15) is 13.2 Å². The van der Waals surface area contributed by atoms with Crippen molar-refractivity contribution >= 4 is 5.91 Å². The number of benzene rings is 2. The van der Waals surface area contributed by atoms with Gasteiger partial charge in [0.15, 0.2) is 0 Å². The van der Waals surface area contributed by atoms with E-state index in [1.54, 1.807) is 7.11 Å². The van der Waals surface area contributed by atoms with Crippen LogP contribution in [-0.4, -0.2) is 55.0 Å². The number of nitrogens with zero attached hydrogens (tertiary/aromatic N) is 2. The van der Waals surface area contributed by atoms with Crippen LogP contribution in [0.1, 0.15) is 23.6 Å². The number of hydrogen-bond acceptors (Lipinski definition) is 4. The lowest BCUT2D eigenvalue weighted by Crippen LogP contribution is -2.53. The highest BCUT2D eigenvalue weighted by Gasteiger charge is 2.30. The van der Waals surface area contributed by atoms with Crippen molar-refractivity contribution in [2.24, 2.45) is 0 Å². The number of carbonyl (C=O) groups excluding carboxylic acids is 1. The van der Waals surface area contributed by atoms with Crippen molar-refractivity contribution in [2.75, 3.05) is 33.3 Å². The van der Waals surface area contributed by atoms with Crippen LogP contribution in [0.25, 0.3) is 0 Å². The van der Waals surface area contributed by atoms with Crippen LogP contribution >= 0.6 is 0 Å². The largest absolute Gasteiger partial charge is 0.497 e. The maximum absolute atomic E-state index is 12.7. The average Bonchev–Trinajstić information content (AvgIpc) is 2.77. The molecule has 1 aliphatic rings. The maximum Gasteiger partial charge on any atom is 0.416 e. The van der Waals surface area contributed by atoms with Crippen LogP contribution in [-0.2, 0) is 24.1 Å². The summed E-state index contributed by atoms with van der Waals surface area (Å²) in [4.78, 5) is 16.9. The second-order valence-electron chi connectivity index (χ2n) is 7.75. The number of carbonyl (C=O) groups is 1. The zero-order valence-corrected chi connectivity index (χ0v) is 17.8. The Morgan fingerprint density at radius 1 is 1.06 bits per heavy atom. The van der Waals surface area contributed by atoms with Crippen LogP contribution in [0.15, 0.2) is 48.5 Å². The summed E-state index contributed by atoms with van der Waals surface area (Å²) in [7, 11) is 1.61. The molecule has 1 atom stereocenters. The molecule has 5 nitrogen and oxygen atoms in total. The molecule has 0 bridgehead atoms. The first-order valence-corrected chi connectivity index (χ1v) is 10.3. The van der Waals surface area contributed by atoms with Crippen LogP contribution in [0.2, 0.25) is 0 Å². The summed E-state index contributed by atoms with van der Waals surface area (Å²) >= 11 is 0. The van der Waals surface area contributed by atoms with Crippen molar-refractivity contribution in [3.05, 3.63) is 65.2 Å². The Morgan fingerprint density at radius 2 is 1.74 bits per heavy atom. The molecule has 1 saturated heterocycles. The Bertz CT molecular complexity index is 863. The third-order valence-electron chi connectivity index (χ3n) is 5.62. The Balaban J connectivity index is 1.44. The molecule has 1 aliphatic heterocycles. The highest BCUT2D eigenvalue weighted by Crippen LogP contribution is 2.29. The molecule has 1 amide bonds. The van der Waals surface area contributed by atoms with Crippen LogP contribution in [0.5, 0.6) is 5.75 Å². The van der Waals surface area contributed by atoms with Gasteiger partial charge in [0, 0.05) is 39.3 Å². The fraction of sp³-hybridized carbons (Fsp3) is 0.435. The summed E-state index contributed by atoms with van der Waals surface area (Å²) < 4.78 is 43.3. The molecular weight excluding hydrogens is 407 g/mol. The summed E-state index contributed by atoms with van der Waals surface area (Å²) in [5, 5.41) is 2.97. The lowest BCUT2D eigenvalue weighted by Gasteiger charge is -2.37. The van der Waals surface area contributed by atoms with Crippen LogP contribution < -0.4 is 10.1 Å². The standard InChI is InChI=1S/C23H28F3N3O2/c1-17(22(30)27-15-19-4-3-5-21(14-19)31-2)29-12-10-28(11-13-29)16-18-6-8-20(9-7-18)23(24,25)26/h3-9,14,17H,10-13,15-16H2,1-2H3,(H,27,30). The molecule has 31 heavy (non-hydrogen) atoms. The maximum atomic E-state index is 12.7. The molecule has 1 unspecified atom stereocenters. The van der Waals surface area contributed by atoms with Crippen molar-refractivity contribution in [2.45, 2.75) is 32.2 Å². The molecule has 0 spiro atoms. The smallest absolute Gasteiger partial charge is 0.416 e. The first-order valence-electron chi connectivity index (χ1n) is 10.3. The predicted molar refractivity (Wildman–Crippen MR) is 113 cm³/mol. The van der Waals surface area contributed by atoms with Gasteiger partial charge in [-0.1, -0.05) is 24.3 Å². The molecule has 8 heteroatoms. The number of nitrogens with one attached hydrogen (secondary N) is 1. The SMILES string of the molecule is COc1cccc(CNC(=O)C(C)N2CCN(Cc3ccc(C(F)(F)F)cc3)CC2)c1. The van der Waals surface area contributed by atoms with E-state index in [0.29, 0.717) is 13.1 Å². The Labute approximate surface area is 180 Å². The van der Waals surface area contributed by atoms with E-state index >= 15 is 0 Å². The second kappa shape index (κ2) is 10.2. The normalized spacial score (nSPS) is 16.7. The van der Waals surface area contributed by atoms with Gasteiger partial charge in [-0.05, 0) is 42.3 Å². The number of methoxy groups -OCH3 is 1. The molecule has 1 heterocycles. The molecule has 1 fully saturated rings. The van der Waals surface area contributed by atoms with Crippen molar-refractivity contribution < 1.29 is 22.7 Å². The Kier molecular flexibility index (Phi) is 7.56. The van der Waals surface area contributed by atoms with Crippen molar-refractivity contribution in [3.63, 3.8) is 0 Å². The van der Waals surface area contributed by atoms with E-state index in [9.17, 15) is 18.0 Å². The summed E-state index contributed by atoms with van der Waals surface area (Å²) in [5.74, 6) is 0.725. The zero-order valence-electron chi connectivity index (χ0n) is 17.8. The van der Waals surface area contributed by atoms with Gasteiger partial charge in [0.1, 0.15) is 5.75 Å². The number of ether oxygens (including phenoxy) is 1. The van der Waals surface area contributed by atoms with Crippen LogP contribution in [0.4, 0.5) is 13.2 Å². The average molecular weight is 435 g/mol. The number of rotatable bonds is 7. The summed E-state index contributed by atoms with van der Waals surface area (Å²) in [5.41, 5.74) is 1.20. The monoisotopic (exact) mass is 435 g/mol. The van der Waals surface area contributed by atoms with E-state index in [2.05, 4.69) is 15.1 Å². The minimum Gasteiger partial charge on any atom is -0.497 e. The molecule has 3 rings (SSSR count). The number of amides is 1. The molecule has 2 aromatic carbocycles. The highest BCUT2D eigenvalue weighted by atomic mass is 19.4. The molecule has 0 aromatic heterocycles. The van der Waals surface area contributed by atoms with E-state index in [-0.39, 0.29) is 11.9 Å². The fourth-order valence-electron chi connectivity index (χ4n) is 3.65. The van der Waals surface area contributed by atoms with Crippen molar-refractivity contribution in [1.29, 1.82) is 0 Å². The minimum atomic E-state index is -4.31. The summed E-state index contributed by atoms with van der Waals surface area (Å²) in [6.45, 7) is 5.91. The molecular formula is C23H28F3N3O2. The molecule has 1 N–H and O–H groups in total. The van der Waals surface area contributed by atoms with E-state index in [0.717, 1.165) is 55.2 Å². The molecule has 0 saturated carbocycles. The van der Waals surface area contributed by atoms with Gasteiger partial charge >= 0.3 is 6.18 Å². The fourth-order valence-corrected chi connectivity index (χ4v) is 3.65. The number of hydrogen-bond donors (Lipinski definition) is 1. The van der Waals surface area contributed by atoms with E-state index in [4.69, 9.17) is 4.74 Å². The molecule has 168 valence electrons. The van der Waals surface area contributed by atoms with E-state index in [1.165, 1.54) is 12.1 Å². The molecule has 0 radical (unpaired) electrons. The topological polar surface area (TPSA) is 44.8 Å². The van der Waals surface area contributed by atoms with Gasteiger partial charge in [0.25, 0.3) is 0 Å². The van der Waals surface area contributed by atoms with Crippen molar-refractivity contribution in [3.8, 4) is 5.75 Å².